The highest BCUT2D eigenvalue weighted by Gasteiger charge is 1.58. The molecule has 0 saturated carbocycles. The van der Waals surface area contributed by atoms with Crippen molar-refractivity contribution in [2.24, 2.45) is 0 Å². The second-order valence-corrected chi connectivity index (χ2v) is 2.50. The normalized spacial score (nSPS) is 7.64. The van der Waals surface area contributed by atoms with Crippen molar-refractivity contribution in [3.8, 4) is 0 Å². The van der Waals surface area contributed by atoms with Crippen LogP contribution < -0.4 is 0 Å². The first-order valence-corrected chi connectivity index (χ1v) is 3.34. The van der Waals surface area contributed by atoms with Crippen molar-refractivity contribution < 1.29 is 5.48 Å². The lowest BCUT2D eigenvalue weighted by molar-refractivity contribution is 0.505. The predicted molar refractivity (Wildman–Crippen MR) is 49.7 cm³/mol. The van der Waals surface area contributed by atoms with Crippen molar-refractivity contribution in [1.82, 2.24) is 4.90 Å². The number of hydrogen-bond acceptors (Lipinski definition) is 1. The Morgan fingerprint density at radius 2 is 0.727 bits per heavy atom. The van der Waals surface area contributed by atoms with Gasteiger partial charge in [0.05, 0.1) is 0 Å². The summed E-state index contributed by atoms with van der Waals surface area (Å²) in [4.78, 5) is 2.00. The van der Waals surface area contributed by atoms with E-state index >= 15 is 0 Å². The van der Waals surface area contributed by atoms with Gasteiger partial charge in [0.2, 0.25) is 0 Å². The van der Waals surface area contributed by atoms with Crippen LogP contribution in [0.5, 0.6) is 0 Å². The van der Waals surface area contributed by atoms with Crippen LogP contribution in [-0.4, -0.2) is 31.5 Å². The third-order valence-electron chi connectivity index (χ3n) is 0.667. The van der Waals surface area contributed by atoms with Crippen LogP contribution in [-0.2, 0) is 0 Å². The molecule has 2 nitrogen and oxygen atoms in total. The van der Waals surface area contributed by atoms with Crippen molar-refractivity contribution in [3.05, 3.63) is 36.4 Å². The molecule has 0 radical (unpaired) electrons. The van der Waals surface area contributed by atoms with Gasteiger partial charge >= 0.3 is 0 Å². The Balaban J connectivity index is 0. The number of hydrogen-bond donors (Lipinski definition) is 0. The zero-order chi connectivity index (χ0) is 7.82. The maximum atomic E-state index is 2.00. The summed E-state index contributed by atoms with van der Waals surface area (Å²) in [6, 6.07) is 12.0. The van der Waals surface area contributed by atoms with E-state index in [1.807, 2.05) is 62.4 Å². The SMILES string of the molecule is CN(C)C.O.c1ccccc1. The standard InChI is InChI=1S/C6H6.C3H9N.H2O/c1-2-4-6-5-3-1;1-4(2)3;/h1-6H;1-3H3;1H2. The highest BCUT2D eigenvalue weighted by Crippen LogP contribution is 1.79. The Bertz CT molecular complexity index is 110. The first-order chi connectivity index (χ1) is 4.73. The van der Waals surface area contributed by atoms with Crippen LogP contribution in [0.2, 0.25) is 0 Å². The summed E-state index contributed by atoms with van der Waals surface area (Å²) in [5.41, 5.74) is 0. The molecule has 1 aromatic carbocycles. The van der Waals surface area contributed by atoms with Gasteiger partial charge in [0.25, 0.3) is 0 Å². The van der Waals surface area contributed by atoms with Gasteiger partial charge in [-0.15, -0.1) is 0 Å². The lowest BCUT2D eigenvalue weighted by Gasteiger charge is -1.90. The molecule has 1 aromatic rings. The molecule has 11 heavy (non-hydrogen) atoms. The molecule has 0 bridgehead atoms. The van der Waals surface area contributed by atoms with Crippen LogP contribution >= 0.6 is 0 Å². The van der Waals surface area contributed by atoms with Crippen molar-refractivity contribution in [1.29, 1.82) is 0 Å². The monoisotopic (exact) mass is 155 g/mol. The fourth-order valence-electron chi connectivity index (χ4n) is 0.385. The summed E-state index contributed by atoms with van der Waals surface area (Å²) >= 11 is 0. The van der Waals surface area contributed by atoms with Crippen molar-refractivity contribution in [3.63, 3.8) is 0 Å². The van der Waals surface area contributed by atoms with Gasteiger partial charge in [0, 0.05) is 0 Å². The molecule has 0 aliphatic rings. The van der Waals surface area contributed by atoms with E-state index in [4.69, 9.17) is 0 Å². The van der Waals surface area contributed by atoms with Crippen LogP contribution in [0.25, 0.3) is 0 Å². The fourth-order valence-corrected chi connectivity index (χ4v) is 0.385. The van der Waals surface area contributed by atoms with Gasteiger partial charge in [0.15, 0.2) is 0 Å². The molecule has 0 amide bonds. The van der Waals surface area contributed by atoms with Gasteiger partial charge < -0.3 is 10.4 Å². The minimum Gasteiger partial charge on any atom is -0.412 e. The minimum absolute atomic E-state index is 0. The van der Waals surface area contributed by atoms with Gasteiger partial charge in [-0.3, -0.25) is 0 Å². The third kappa shape index (κ3) is 17.6. The van der Waals surface area contributed by atoms with Crippen LogP contribution in [0.4, 0.5) is 0 Å². The topological polar surface area (TPSA) is 34.7 Å². The first kappa shape index (κ1) is 12.8. The lowest BCUT2D eigenvalue weighted by Crippen LogP contribution is -1.99. The molecule has 0 aliphatic carbocycles. The van der Waals surface area contributed by atoms with Crippen molar-refractivity contribution in [2.75, 3.05) is 21.1 Å². The van der Waals surface area contributed by atoms with E-state index in [0.717, 1.165) is 0 Å². The minimum atomic E-state index is 0. The molecule has 2 heteroatoms. The van der Waals surface area contributed by atoms with E-state index < -0.39 is 0 Å². The molecule has 0 unspecified atom stereocenters. The summed E-state index contributed by atoms with van der Waals surface area (Å²) < 4.78 is 0. The molecule has 0 aliphatic heterocycles. The average molecular weight is 155 g/mol. The molecular weight excluding hydrogens is 138 g/mol. The maximum absolute atomic E-state index is 2.00. The zero-order valence-corrected chi connectivity index (χ0v) is 7.41. The lowest BCUT2D eigenvalue weighted by atomic mass is 10.4. The molecule has 0 heterocycles. The van der Waals surface area contributed by atoms with E-state index in [9.17, 15) is 0 Å². The Kier molecular flexibility index (Phi) is 10.6. The summed E-state index contributed by atoms with van der Waals surface area (Å²) in [6.45, 7) is 0. The number of benzene rings is 1. The van der Waals surface area contributed by atoms with Gasteiger partial charge in [-0.1, -0.05) is 36.4 Å². The van der Waals surface area contributed by atoms with Gasteiger partial charge in [-0.2, -0.15) is 0 Å². The smallest absolute Gasteiger partial charge is 0.0140 e. The predicted octanol–water partition coefficient (Wildman–Crippen LogP) is 1.04. The molecule has 0 fully saturated rings. The molecule has 1 rings (SSSR count). The van der Waals surface area contributed by atoms with Crippen LogP contribution in [0, 0.1) is 0 Å². The van der Waals surface area contributed by atoms with E-state index in [2.05, 4.69) is 0 Å². The Morgan fingerprint density at radius 3 is 0.818 bits per heavy atom. The van der Waals surface area contributed by atoms with E-state index in [1.54, 1.807) is 0 Å². The molecular formula is C9H17NO. The second kappa shape index (κ2) is 9.14. The second-order valence-electron chi connectivity index (χ2n) is 2.50. The molecule has 2 N–H and O–H groups in total. The number of nitrogens with zero attached hydrogens (tertiary/aromatic N) is 1. The average Bonchev–Trinajstić information content (AvgIpc) is 1.90. The zero-order valence-electron chi connectivity index (χ0n) is 7.41. The van der Waals surface area contributed by atoms with E-state index in [-0.39, 0.29) is 5.48 Å². The quantitative estimate of drug-likeness (QED) is 0.551. The highest BCUT2D eigenvalue weighted by atomic mass is 16.0. The summed E-state index contributed by atoms with van der Waals surface area (Å²) in [7, 11) is 6.00. The molecule has 0 aromatic heterocycles. The van der Waals surface area contributed by atoms with Crippen LogP contribution in [0.15, 0.2) is 36.4 Å². The third-order valence-corrected chi connectivity index (χ3v) is 0.667. The number of rotatable bonds is 0. The molecule has 64 valence electrons. The molecule has 0 spiro atoms. The summed E-state index contributed by atoms with van der Waals surface area (Å²) in [6.07, 6.45) is 0. The highest BCUT2D eigenvalue weighted by molar-refractivity contribution is 4.99. The van der Waals surface area contributed by atoms with Gasteiger partial charge in [-0.25, -0.2) is 0 Å². The van der Waals surface area contributed by atoms with Crippen LogP contribution in [0.3, 0.4) is 0 Å². The van der Waals surface area contributed by atoms with Crippen molar-refractivity contribution in [2.45, 2.75) is 0 Å². The van der Waals surface area contributed by atoms with Crippen molar-refractivity contribution >= 4 is 0 Å². The maximum Gasteiger partial charge on any atom is -0.0140 e. The summed E-state index contributed by atoms with van der Waals surface area (Å²) in [5, 5.41) is 0. The Labute approximate surface area is 68.8 Å². The molecule has 0 saturated heterocycles. The van der Waals surface area contributed by atoms with Crippen LogP contribution in [0.1, 0.15) is 0 Å². The fraction of sp³-hybridized carbons (Fsp3) is 0.333. The van der Waals surface area contributed by atoms with Gasteiger partial charge in [-0.05, 0) is 21.1 Å². The largest absolute Gasteiger partial charge is 0.412 e. The summed E-state index contributed by atoms with van der Waals surface area (Å²) in [5.74, 6) is 0. The van der Waals surface area contributed by atoms with E-state index in [1.165, 1.54) is 0 Å². The van der Waals surface area contributed by atoms with Gasteiger partial charge in [0.1, 0.15) is 0 Å². The first-order valence-electron chi connectivity index (χ1n) is 3.34. The van der Waals surface area contributed by atoms with E-state index in [0.29, 0.717) is 0 Å². The Morgan fingerprint density at radius 1 is 0.636 bits per heavy atom. The Hall–Kier alpha value is -0.860. The molecule has 0 atom stereocenters.